The van der Waals surface area contributed by atoms with Crippen molar-refractivity contribution in [3.05, 3.63) is 71.8 Å². The van der Waals surface area contributed by atoms with Gasteiger partial charge in [-0.3, -0.25) is 0 Å². The Balaban J connectivity index is 0.000000200. The van der Waals surface area contributed by atoms with E-state index in [4.69, 9.17) is 5.73 Å². The number of nitrogens with one attached hydrogen (secondary N) is 1. The highest BCUT2D eigenvalue weighted by atomic mass is 14.8. The normalized spacial score (nSPS) is 11.3. The fraction of sp³-hybridized carbons (Fsp3) is 0.333. The lowest BCUT2D eigenvalue weighted by Crippen LogP contribution is -2.17. The third kappa shape index (κ3) is 7.72. The molecule has 108 valence electrons. The summed E-state index contributed by atoms with van der Waals surface area (Å²) in [6.07, 6.45) is 2.10. The number of rotatable bonds is 5. The van der Waals surface area contributed by atoms with Crippen molar-refractivity contribution in [3.8, 4) is 0 Å². The highest BCUT2D eigenvalue weighted by Gasteiger charge is 1.94. The number of hydrogen-bond acceptors (Lipinski definition) is 2. The molecule has 0 aliphatic heterocycles. The molecule has 0 bridgehead atoms. The van der Waals surface area contributed by atoms with Crippen molar-refractivity contribution < 1.29 is 0 Å². The van der Waals surface area contributed by atoms with Crippen LogP contribution in [-0.4, -0.2) is 19.6 Å². The third-order valence-electron chi connectivity index (χ3n) is 2.91. The molecule has 0 aromatic heterocycles. The van der Waals surface area contributed by atoms with E-state index in [0.717, 1.165) is 19.4 Å². The van der Waals surface area contributed by atoms with Gasteiger partial charge in [-0.2, -0.15) is 0 Å². The minimum absolute atomic E-state index is 0.266. The molecule has 0 heterocycles. The molecule has 2 aromatic carbocycles. The Labute approximate surface area is 123 Å². The molecule has 0 fully saturated rings. The SMILES string of the molecule is CC(N)Cc1ccccc1.CNCCc1ccccc1. The third-order valence-corrected chi connectivity index (χ3v) is 2.91. The van der Waals surface area contributed by atoms with Gasteiger partial charge in [-0.1, -0.05) is 60.7 Å². The van der Waals surface area contributed by atoms with Crippen molar-refractivity contribution in [2.24, 2.45) is 5.73 Å². The summed E-state index contributed by atoms with van der Waals surface area (Å²) in [6.45, 7) is 3.08. The van der Waals surface area contributed by atoms with Crippen molar-refractivity contribution in [2.75, 3.05) is 13.6 Å². The number of benzene rings is 2. The van der Waals surface area contributed by atoms with Crippen LogP contribution in [0.15, 0.2) is 60.7 Å². The van der Waals surface area contributed by atoms with E-state index >= 15 is 0 Å². The van der Waals surface area contributed by atoms with Crippen LogP contribution in [0.4, 0.5) is 0 Å². The smallest absolute Gasteiger partial charge is 0.00509 e. The van der Waals surface area contributed by atoms with Crippen molar-refractivity contribution in [1.82, 2.24) is 5.32 Å². The number of likely N-dealkylation sites (N-methyl/N-ethyl adjacent to an activating group) is 1. The van der Waals surface area contributed by atoms with Crippen LogP contribution in [-0.2, 0) is 12.8 Å². The molecule has 0 aliphatic carbocycles. The molecule has 2 nitrogen and oxygen atoms in total. The summed E-state index contributed by atoms with van der Waals surface area (Å²) in [5, 5.41) is 3.12. The summed E-state index contributed by atoms with van der Waals surface area (Å²) in [6, 6.07) is 21.1. The van der Waals surface area contributed by atoms with Crippen molar-refractivity contribution in [3.63, 3.8) is 0 Å². The van der Waals surface area contributed by atoms with E-state index in [1.165, 1.54) is 11.1 Å². The maximum absolute atomic E-state index is 5.62. The lowest BCUT2D eigenvalue weighted by Gasteiger charge is -2.02. The van der Waals surface area contributed by atoms with Crippen LogP contribution in [0.25, 0.3) is 0 Å². The average Bonchev–Trinajstić information content (AvgIpc) is 2.47. The van der Waals surface area contributed by atoms with E-state index in [2.05, 4.69) is 41.7 Å². The van der Waals surface area contributed by atoms with Crippen LogP contribution in [0.1, 0.15) is 18.1 Å². The first-order valence-corrected chi connectivity index (χ1v) is 7.20. The van der Waals surface area contributed by atoms with Crippen LogP contribution in [0.2, 0.25) is 0 Å². The summed E-state index contributed by atoms with van der Waals surface area (Å²) < 4.78 is 0. The Morgan fingerprint density at radius 3 is 1.85 bits per heavy atom. The molecule has 0 amide bonds. The fourth-order valence-electron chi connectivity index (χ4n) is 1.90. The van der Waals surface area contributed by atoms with Gasteiger partial charge in [0.05, 0.1) is 0 Å². The second-order valence-corrected chi connectivity index (χ2v) is 5.01. The molecule has 0 radical (unpaired) electrons. The van der Waals surface area contributed by atoms with Gasteiger partial charge in [-0.25, -0.2) is 0 Å². The Morgan fingerprint density at radius 1 is 0.900 bits per heavy atom. The van der Waals surface area contributed by atoms with Gasteiger partial charge in [0.1, 0.15) is 0 Å². The molecule has 20 heavy (non-hydrogen) atoms. The van der Waals surface area contributed by atoms with Crippen LogP contribution in [0, 0.1) is 0 Å². The molecule has 2 aromatic rings. The van der Waals surface area contributed by atoms with E-state index in [9.17, 15) is 0 Å². The summed E-state index contributed by atoms with van der Waals surface area (Å²) in [7, 11) is 1.98. The summed E-state index contributed by atoms with van der Waals surface area (Å²) in [4.78, 5) is 0. The van der Waals surface area contributed by atoms with Gasteiger partial charge in [0.25, 0.3) is 0 Å². The van der Waals surface area contributed by atoms with Gasteiger partial charge in [-0.15, -0.1) is 0 Å². The first-order chi connectivity index (χ1) is 9.72. The molecule has 2 heteroatoms. The fourth-order valence-corrected chi connectivity index (χ4v) is 1.90. The zero-order valence-corrected chi connectivity index (χ0v) is 12.5. The van der Waals surface area contributed by atoms with Gasteiger partial charge in [0, 0.05) is 6.04 Å². The van der Waals surface area contributed by atoms with Crippen molar-refractivity contribution >= 4 is 0 Å². The van der Waals surface area contributed by atoms with Crippen molar-refractivity contribution in [1.29, 1.82) is 0 Å². The van der Waals surface area contributed by atoms with Gasteiger partial charge in [0.2, 0.25) is 0 Å². The molecule has 0 saturated heterocycles. The van der Waals surface area contributed by atoms with Gasteiger partial charge in [0.15, 0.2) is 0 Å². The summed E-state index contributed by atoms with van der Waals surface area (Å²) >= 11 is 0. The molecule has 3 N–H and O–H groups in total. The maximum atomic E-state index is 5.62. The first-order valence-electron chi connectivity index (χ1n) is 7.20. The van der Waals surface area contributed by atoms with Gasteiger partial charge in [-0.05, 0) is 44.5 Å². The van der Waals surface area contributed by atoms with Crippen molar-refractivity contribution in [2.45, 2.75) is 25.8 Å². The molecule has 0 spiro atoms. The topological polar surface area (TPSA) is 38.0 Å². The second-order valence-electron chi connectivity index (χ2n) is 5.01. The molecule has 1 atom stereocenters. The Kier molecular flexibility index (Phi) is 8.36. The maximum Gasteiger partial charge on any atom is 0.00509 e. The van der Waals surface area contributed by atoms with Gasteiger partial charge < -0.3 is 11.1 Å². The summed E-state index contributed by atoms with van der Waals surface area (Å²) in [5.74, 6) is 0. The quantitative estimate of drug-likeness (QED) is 0.876. The average molecular weight is 270 g/mol. The van der Waals surface area contributed by atoms with Gasteiger partial charge >= 0.3 is 0 Å². The van der Waals surface area contributed by atoms with E-state index in [1.54, 1.807) is 0 Å². The van der Waals surface area contributed by atoms with Crippen LogP contribution < -0.4 is 11.1 Å². The lowest BCUT2D eigenvalue weighted by atomic mass is 10.1. The molecular weight excluding hydrogens is 244 g/mol. The van der Waals surface area contributed by atoms with Crippen LogP contribution in [0.5, 0.6) is 0 Å². The highest BCUT2D eigenvalue weighted by molar-refractivity contribution is 5.15. The summed E-state index contributed by atoms with van der Waals surface area (Å²) in [5.41, 5.74) is 8.34. The Morgan fingerprint density at radius 2 is 1.40 bits per heavy atom. The molecule has 1 unspecified atom stereocenters. The lowest BCUT2D eigenvalue weighted by molar-refractivity contribution is 0.738. The molecule has 0 aliphatic rings. The Hall–Kier alpha value is -1.64. The zero-order chi connectivity index (χ0) is 14.6. The minimum Gasteiger partial charge on any atom is -0.328 e. The van der Waals surface area contributed by atoms with E-state index in [-0.39, 0.29) is 6.04 Å². The number of hydrogen-bond donors (Lipinski definition) is 2. The highest BCUT2D eigenvalue weighted by Crippen LogP contribution is 2.00. The molecular formula is C18H26N2. The molecule has 0 saturated carbocycles. The van der Waals surface area contributed by atoms with E-state index < -0.39 is 0 Å². The molecule has 2 rings (SSSR count). The number of nitrogens with two attached hydrogens (primary N) is 1. The van der Waals surface area contributed by atoms with Crippen LogP contribution >= 0.6 is 0 Å². The standard InChI is InChI=1S/2C9H13N/c1-10-8-7-9-5-3-2-4-6-9;1-8(10)7-9-5-3-2-4-6-9/h2-6,10H,7-8H2,1H3;2-6,8H,7,10H2,1H3. The largest absolute Gasteiger partial charge is 0.328 e. The predicted octanol–water partition coefficient (Wildman–Crippen LogP) is 3.02. The van der Waals surface area contributed by atoms with E-state index in [1.807, 2.05) is 38.2 Å². The van der Waals surface area contributed by atoms with E-state index in [0.29, 0.717) is 0 Å². The predicted molar refractivity (Wildman–Crippen MR) is 87.9 cm³/mol. The zero-order valence-electron chi connectivity index (χ0n) is 12.5. The minimum atomic E-state index is 0.266. The first kappa shape index (κ1) is 16.4. The monoisotopic (exact) mass is 270 g/mol. The Bertz CT molecular complexity index is 437. The van der Waals surface area contributed by atoms with Crippen LogP contribution in [0.3, 0.4) is 0 Å². The second kappa shape index (κ2) is 10.2.